The van der Waals surface area contributed by atoms with Crippen LogP contribution in [0.25, 0.3) is 6.08 Å². The van der Waals surface area contributed by atoms with Crippen LogP contribution in [-0.4, -0.2) is 0 Å². The largest absolute Gasteiger partial charge is 0.402 e. The molecule has 0 unspecified atom stereocenters. The van der Waals surface area contributed by atoms with E-state index in [-0.39, 0.29) is 0 Å². The Morgan fingerprint density at radius 1 is 1.25 bits per heavy atom. The molecule has 2 rings (SSSR count). The molecular formula is C11H13N. The van der Waals surface area contributed by atoms with E-state index < -0.39 is 0 Å². The van der Waals surface area contributed by atoms with E-state index in [1.54, 1.807) is 0 Å². The van der Waals surface area contributed by atoms with Crippen molar-refractivity contribution in [2.24, 2.45) is 5.73 Å². The number of fused-ring (bicyclic) bond motifs is 1. The van der Waals surface area contributed by atoms with Crippen molar-refractivity contribution in [1.29, 1.82) is 0 Å². The third-order valence-corrected chi connectivity index (χ3v) is 2.33. The number of aryl methyl sites for hydroxylation is 2. The Kier molecular flexibility index (Phi) is 1.65. The molecule has 0 fully saturated rings. The van der Waals surface area contributed by atoms with Crippen molar-refractivity contribution in [1.82, 2.24) is 0 Å². The first kappa shape index (κ1) is 7.41. The van der Waals surface area contributed by atoms with Crippen molar-refractivity contribution in [3.05, 3.63) is 40.6 Å². The van der Waals surface area contributed by atoms with Gasteiger partial charge in [0.15, 0.2) is 0 Å². The van der Waals surface area contributed by atoms with Crippen molar-refractivity contribution in [2.75, 3.05) is 0 Å². The van der Waals surface area contributed by atoms with Crippen LogP contribution in [0.4, 0.5) is 0 Å². The minimum atomic E-state index is 1.01. The minimum absolute atomic E-state index is 1.01. The summed E-state index contributed by atoms with van der Waals surface area (Å²) in [7, 11) is 0. The molecule has 0 spiro atoms. The van der Waals surface area contributed by atoms with Crippen LogP contribution >= 0.6 is 0 Å². The number of allylic oxidation sites excluding steroid dienone is 1. The minimum Gasteiger partial charge on any atom is -0.402 e. The first-order valence-electron chi connectivity index (χ1n) is 4.31. The quantitative estimate of drug-likeness (QED) is 0.617. The molecule has 0 saturated carbocycles. The van der Waals surface area contributed by atoms with E-state index in [1.807, 2.05) is 0 Å². The van der Waals surface area contributed by atoms with E-state index in [9.17, 15) is 0 Å². The lowest BCUT2D eigenvalue weighted by molar-refractivity contribution is 0.913. The Bertz CT molecular complexity index is 337. The van der Waals surface area contributed by atoms with Crippen molar-refractivity contribution in [3.8, 4) is 0 Å². The first-order valence-corrected chi connectivity index (χ1v) is 4.31. The van der Waals surface area contributed by atoms with E-state index in [4.69, 9.17) is 5.73 Å². The molecule has 62 valence electrons. The predicted molar refractivity (Wildman–Crippen MR) is 51.7 cm³/mol. The average molecular weight is 159 g/mol. The van der Waals surface area contributed by atoms with Crippen molar-refractivity contribution in [2.45, 2.75) is 19.8 Å². The molecule has 1 aromatic rings. The average Bonchev–Trinajstić information content (AvgIpc) is 2.03. The number of hydrogen-bond donors (Lipinski definition) is 1. The maximum Gasteiger partial charge on any atom is 0.00899 e. The summed E-state index contributed by atoms with van der Waals surface area (Å²) in [6.45, 7) is 2.11. The lowest BCUT2D eigenvalue weighted by atomic mass is 9.94. The van der Waals surface area contributed by atoms with E-state index in [0.29, 0.717) is 0 Å². The van der Waals surface area contributed by atoms with Crippen molar-refractivity contribution < 1.29 is 0 Å². The molecule has 0 atom stereocenters. The third-order valence-electron chi connectivity index (χ3n) is 2.33. The second-order valence-electron chi connectivity index (χ2n) is 3.42. The molecule has 0 radical (unpaired) electrons. The van der Waals surface area contributed by atoms with Crippen LogP contribution in [0.1, 0.15) is 23.1 Å². The van der Waals surface area contributed by atoms with Crippen LogP contribution < -0.4 is 5.73 Å². The van der Waals surface area contributed by atoms with Gasteiger partial charge in [-0.3, -0.25) is 0 Å². The van der Waals surface area contributed by atoms with Crippen molar-refractivity contribution >= 4 is 6.08 Å². The van der Waals surface area contributed by atoms with Crippen LogP contribution in [0.5, 0.6) is 0 Å². The normalized spacial score (nSPS) is 15.2. The van der Waals surface area contributed by atoms with Gasteiger partial charge in [0, 0.05) is 5.70 Å². The predicted octanol–water partition coefficient (Wildman–Crippen LogP) is 2.24. The smallest absolute Gasteiger partial charge is 0.00899 e. The summed E-state index contributed by atoms with van der Waals surface area (Å²) in [6.07, 6.45) is 4.19. The first-order chi connectivity index (χ1) is 5.75. The van der Waals surface area contributed by atoms with Gasteiger partial charge in [0.05, 0.1) is 0 Å². The molecule has 2 N–H and O–H groups in total. The maximum absolute atomic E-state index is 5.76. The Balaban J connectivity index is 2.53. The van der Waals surface area contributed by atoms with Gasteiger partial charge in [-0.05, 0) is 37.0 Å². The summed E-state index contributed by atoms with van der Waals surface area (Å²) >= 11 is 0. The Morgan fingerprint density at radius 3 is 2.92 bits per heavy atom. The molecule has 0 amide bonds. The monoisotopic (exact) mass is 159 g/mol. The second kappa shape index (κ2) is 2.67. The lowest BCUT2D eigenvalue weighted by Crippen LogP contribution is -2.05. The molecule has 0 aromatic heterocycles. The van der Waals surface area contributed by atoms with Gasteiger partial charge < -0.3 is 5.73 Å². The molecule has 1 aliphatic rings. The van der Waals surface area contributed by atoms with E-state index >= 15 is 0 Å². The van der Waals surface area contributed by atoms with Crippen LogP contribution in [0.15, 0.2) is 23.9 Å². The van der Waals surface area contributed by atoms with E-state index in [0.717, 1.165) is 18.5 Å². The Morgan fingerprint density at radius 2 is 2.08 bits per heavy atom. The Hall–Kier alpha value is -1.24. The molecule has 0 heterocycles. The summed E-state index contributed by atoms with van der Waals surface area (Å²) in [5, 5.41) is 0. The standard InChI is InChI=1S/C11H13N/c1-8-2-3-9-4-5-11(12)7-10(9)6-8/h2-3,6-7H,4-5,12H2,1H3. The maximum atomic E-state index is 5.76. The summed E-state index contributed by atoms with van der Waals surface area (Å²) < 4.78 is 0. The van der Waals surface area contributed by atoms with Crippen molar-refractivity contribution in [3.63, 3.8) is 0 Å². The van der Waals surface area contributed by atoms with Gasteiger partial charge in [0.1, 0.15) is 0 Å². The highest BCUT2D eigenvalue weighted by molar-refractivity contribution is 5.59. The third kappa shape index (κ3) is 1.22. The molecule has 1 nitrogen and oxygen atoms in total. The van der Waals surface area contributed by atoms with Crippen LogP contribution in [0.3, 0.4) is 0 Å². The molecular weight excluding hydrogens is 146 g/mol. The molecule has 0 aliphatic heterocycles. The number of benzene rings is 1. The molecule has 1 aromatic carbocycles. The summed E-state index contributed by atoms with van der Waals surface area (Å²) in [6, 6.07) is 6.56. The van der Waals surface area contributed by atoms with Gasteiger partial charge in [-0.25, -0.2) is 0 Å². The molecule has 0 bridgehead atoms. The fraction of sp³-hybridized carbons (Fsp3) is 0.273. The second-order valence-corrected chi connectivity index (χ2v) is 3.42. The fourth-order valence-electron chi connectivity index (χ4n) is 1.63. The van der Waals surface area contributed by atoms with Gasteiger partial charge in [-0.1, -0.05) is 23.8 Å². The zero-order valence-electron chi connectivity index (χ0n) is 7.30. The fourth-order valence-corrected chi connectivity index (χ4v) is 1.63. The topological polar surface area (TPSA) is 26.0 Å². The van der Waals surface area contributed by atoms with Gasteiger partial charge in [0.2, 0.25) is 0 Å². The Labute approximate surface area is 72.9 Å². The van der Waals surface area contributed by atoms with E-state index in [2.05, 4.69) is 31.2 Å². The van der Waals surface area contributed by atoms with Gasteiger partial charge in [0.25, 0.3) is 0 Å². The van der Waals surface area contributed by atoms with Crippen LogP contribution in [-0.2, 0) is 6.42 Å². The number of rotatable bonds is 0. The number of hydrogen-bond acceptors (Lipinski definition) is 1. The molecule has 1 heteroatoms. The van der Waals surface area contributed by atoms with Crippen LogP contribution in [0.2, 0.25) is 0 Å². The highest BCUT2D eigenvalue weighted by Crippen LogP contribution is 2.22. The van der Waals surface area contributed by atoms with Gasteiger partial charge in [-0.15, -0.1) is 0 Å². The SMILES string of the molecule is Cc1ccc2c(c1)C=C(N)CC2. The summed E-state index contributed by atoms with van der Waals surface area (Å²) in [4.78, 5) is 0. The highest BCUT2D eigenvalue weighted by Gasteiger charge is 2.07. The zero-order valence-corrected chi connectivity index (χ0v) is 7.30. The molecule has 1 aliphatic carbocycles. The molecule has 12 heavy (non-hydrogen) atoms. The highest BCUT2D eigenvalue weighted by atomic mass is 14.6. The molecule has 0 saturated heterocycles. The van der Waals surface area contributed by atoms with Crippen LogP contribution in [0, 0.1) is 6.92 Å². The van der Waals surface area contributed by atoms with Gasteiger partial charge in [-0.2, -0.15) is 0 Å². The number of nitrogens with two attached hydrogens (primary N) is 1. The summed E-state index contributed by atoms with van der Waals surface area (Å²) in [5.74, 6) is 0. The van der Waals surface area contributed by atoms with Gasteiger partial charge >= 0.3 is 0 Å². The lowest BCUT2D eigenvalue weighted by Gasteiger charge is -2.13. The summed E-state index contributed by atoms with van der Waals surface area (Å²) in [5.41, 5.74) is 10.8. The zero-order chi connectivity index (χ0) is 8.55. The van der Waals surface area contributed by atoms with E-state index in [1.165, 1.54) is 16.7 Å².